The maximum Gasteiger partial charge on any atom is 0.179 e. The molecule has 7 nitrogen and oxygen atoms in total. The Morgan fingerprint density at radius 3 is 2.18 bits per heavy atom. The van der Waals surface area contributed by atoms with Gasteiger partial charge in [-0.15, -0.1) is 0 Å². The number of aryl methyl sites for hydroxylation is 2. The Labute approximate surface area is 256 Å². The standard InChI is InChI=1S/C36H32FN7/c1-24-9-8-10-26(23-24)33-32-25(2)40-44(29-11-4-3-5-12-29)34(32)39-36-35(38-30-13-6-7-14-31(30)43(33)36)42-21-19-41(20-22-42)28-17-15-27(37)16-18-28/h3-18,23,33H,19-22H2,1-2H3/t33-/m0/s1. The molecule has 0 unspecified atom stereocenters. The third-order valence-electron chi connectivity index (χ3n) is 8.75. The number of aliphatic imine (C=N–C) groups is 2. The molecule has 0 spiro atoms. The van der Waals surface area contributed by atoms with Crippen molar-refractivity contribution >= 4 is 34.6 Å². The Morgan fingerprint density at radius 1 is 0.682 bits per heavy atom. The van der Waals surface area contributed by atoms with Crippen molar-refractivity contribution in [2.45, 2.75) is 19.9 Å². The van der Waals surface area contributed by atoms with Crippen molar-refractivity contribution in [2.24, 2.45) is 9.98 Å². The average Bonchev–Trinajstić information content (AvgIpc) is 3.40. The Hall–Kier alpha value is -5.24. The van der Waals surface area contributed by atoms with Gasteiger partial charge in [0.15, 0.2) is 17.5 Å². The van der Waals surface area contributed by atoms with E-state index in [-0.39, 0.29) is 11.9 Å². The number of benzene rings is 4. The first-order valence-corrected chi connectivity index (χ1v) is 15.1. The number of rotatable bonds is 3. The Morgan fingerprint density at radius 2 is 1.41 bits per heavy atom. The largest absolute Gasteiger partial charge is 0.368 e. The Balaban J connectivity index is 1.28. The van der Waals surface area contributed by atoms with Gasteiger partial charge in [0.05, 0.1) is 28.8 Å². The van der Waals surface area contributed by atoms with Gasteiger partial charge in [-0.2, -0.15) is 5.10 Å². The molecular weight excluding hydrogens is 549 g/mol. The van der Waals surface area contributed by atoms with E-state index in [1.165, 1.54) is 23.3 Å². The predicted molar refractivity (Wildman–Crippen MR) is 175 cm³/mol. The summed E-state index contributed by atoms with van der Waals surface area (Å²) in [5.41, 5.74) is 8.41. The average molecular weight is 582 g/mol. The molecule has 0 saturated carbocycles. The van der Waals surface area contributed by atoms with Crippen LogP contribution in [0.15, 0.2) is 113 Å². The highest BCUT2D eigenvalue weighted by molar-refractivity contribution is 6.48. The third kappa shape index (κ3) is 4.37. The van der Waals surface area contributed by atoms with E-state index in [4.69, 9.17) is 15.1 Å². The number of para-hydroxylation sites is 3. The van der Waals surface area contributed by atoms with Gasteiger partial charge < -0.3 is 14.7 Å². The molecule has 0 N–H and O–H groups in total. The van der Waals surface area contributed by atoms with Gasteiger partial charge in [0.25, 0.3) is 0 Å². The van der Waals surface area contributed by atoms with Gasteiger partial charge in [-0.3, -0.25) is 0 Å². The molecule has 5 aromatic rings. The number of hydrogen-bond donors (Lipinski definition) is 0. The normalized spacial score (nSPS) is 17.4. The van der Waals surface area contributed by atoms with Crippen LogP contribution in [-0.4, -0.2) is 52.5 Å². The number of nitrogens with zero attached hydrogens (tertiary/aromatic N) is 7. The second-order valence-corrected chi connectivity index (χ2v) is 11.6. The molecule has 8 heteroatoms. The fourth-order valence-corrected chi connectivity index (χ4v) is 6.64. The van der Waals surface area contributed by atoms with Gasteiger partial charge in [0.2, 0.25) is 0 Å². The molecule has 0 bridgehead atoms. The fraction of sp³-hybridized carbons (Fsp3) is 0.194. The summed E-state index contributed by atoms with van der Waals surface area (Å²) in [5.74, 6) is 2.31. The first-order chi connectivity index (χ1) is 21.5. The van der Waals surface area contributed by atoms with Gasteiger partial charge in [0, 0.05) is 37.4 Å². The molecule has 1 saturated heterocycles. The Kier molecular flexibility index (Phi) is 6.29. The minimum atomic E-state index is -0.217. The second-order valence-electron chi connectivity index (χ2n) is 11.6. The fourth-order valence-electron chi connectivity index (χ4n) is 6.64. The lowest BCUT2D eigenvalue weighted by Crippen LogP contribution is -2.55. The van der Waals surface area contributed by atoms with Gasteiger partial charge in [-0.05, 0) is 67.9 Å². The van der Waals surface area contributed by atoms with Crippen LogP contribution in [0.25, 0.3) is 5.69 Å². The first-order valence-electron chi connectivity index (χ1n) is 15.1. The van der Waals surface area contributed by atoms with Crippen molar-refractivity contribution in [1.82, 2.24) is 14.7 Å². The van der Waals surface area contributed by atoms with Crippen molar-refractivity contribution in [3.05, 3.63) is 131 Å². The van der Waals surface area contributed by atoms with E-state index in [2.05, 4.69) is 83.1 Å². The molecular formula is C36H32FN7. The molecule has 4 heterocycles. The van der Waals surface area contributed by atoms with Crippen LogP contribution in [0.5, 0.6) is 0 Å². The summed E-state index contributed by atoms with van der Waals surface area (Å²) in [6, 6.07) is 33.9. The number of piperazine rings is 1. The zero-order valence-electron chi connectivity index (χ0n) is 24.7. The topological polar surface area (TPSA) is 52.3 Å². The number of halogens is 1. The van der Waals surface area contributed by atoms with Crippen LogP contribution in [0, 0.1) is 19.7 Å². The van der Waals surface area contributed by atoms with E-state index in [0.29, 0.717) is 0 Å². The van der Waals surface area contributed by atoms with Crippen LogP contribution >= 0.6 is 0 Å². The summed E-state index contributed by atoms with van der Waals surface area (Å²) in [4.78, 5) is 17.7. The molecule has 1 atom stereocenters. The van der Waals surface area contributed by atoms with Crippen LogP contribution < -0.4 is 9.80 Å². The highest BCUT2D eigenvalue weighted by Crippen LogP contribution is 2.48. The predicted octanol–water partition coefficient (Wildman–Crippen LogP) is 7.13. The van der Waals surface area contributed by atoms with E-state index in [9.17, 15) is 4.39 Å². The van der Waals surface area contributed by atoms with Crippen LogP contribution in [0.4, 0.5) is 27.3 Å². The van der Waals surface area contributed by atoms with Crippen LogP contribution in [0.3, 0.4) is 0 Å². The molecule has 218 valence electrons. The molecule has 4 aromatic carbocycles. The molecule has 44 heavy (non-hydrogen) atoms. The van der Waals surface area contributed by atoms with Gasteiger partial charge >= 0.3 is 0 Å². The minimum Gasteiger partial charge on any atom is -0.368 e. The zero-order chi connectivity index (χ0) is 29.8. The first kappa shape index (κ1) is 26.4. The summed E-state index contributed by atoms with van der Waals surface area (Å²) in [5, 5.41) is 5.06. The van der Waals surface area contributed by atoms with Crippen molar-refractivity contribution in [3.63, 3.8) is 0 Å². The lowest BCUT2D eigenvalue weighted by molar-refractivity contribution is 0.389. The minimum absolute atomic E-state index is 0.137. The molecule has 1 aromatic heterocycles. The van der Waals surface area contributed by atoms with Crippen molar-refractivity contribution < 1.29 is 4.39 Å². The number of fused-ring (bicyclic) bond motifs is 4. The molecule has 0 aliphatic carbocycles. The maximum atomic E-state index is 13.6. The van der Waals surface area contributed by atoms with E-state index < -0.39 is 0 Å². The zero-order valence-corrected chi connectivity index (χ0v) is 24.7. The molecule has 3 aliphatic rings. The molecule has 3 aliphatic heterocycles. The monoisotopic (exact) mass is 581 g/mol. The maximum absolute atomic E-state index is 13.6. The van der Waals surface area contributed by atoms with Crippen LogP contribution in [-0.2, 0) is 0 Å². The van der Waals surface area contributed by atoms with Crippen molar-refractivity contribution in [3.8, 4) is 5.69 Å². The highest BCUT2D eigenvalue weighted by atomic mass is 19.1. The van der Waals surface area contributed by atoms with Gasteiger partial charge in [-0.1, -0.05) is 60.2 Å². The summed E-state index contributed by atoms with van der Waals surface area (Å²) in [6.07, 6.45) is 0. The molecule has 0 amide bonds. The van der Waals surface area contributed by atoms with E-state index in [0.717, 1.165) is 77.7 Å². The highest BCUT2D eigenvalue weighted by Gasteiger charge is 2.43. The van der Waals surface area contributed by atoms with Crippen molar-refractivity contribution in [2.75, 3.05) is 36.0 Å². The summed E-state index contributed by atoms with van der Waals surface area (Å²) in [6.45, 7) is 7.36. The summed E-state index contributed by atoms with van der Waals surface area (Å²) in [7, 11) is 0. The van der Waals surface area contributed by atoms with Crippen molar-refractivity contribution in [1.29, 1.82) is 0 Å². The third-order valence-corrected chi connectivity index (χ3v) is 8.75. The molecule has 8 rings (SSSR count). The lowest BCUT2D eigenvalue weighted by Gasteiger charge is -2.44. The van der Waals surface area contributed by atoms with E-state index in [1.54, 1.807) is 0 Å². The van der Waals surface area contributed by atoms with Gasteiger partial charge in [-0.25, -0.2) is 19.1 Å². The number of aromatic nitrogens is 2. The number of amidine groups is 2. The van der Waals surface area contributed by atoms with E-state index in [1.807, 2.05) is 41.1 Å². The quantitative estimate of drug-likeness (QED) is 0.227. The second kappa shape index (κ2) is 10.5. The van der Waals surface area contributed by atoms with Crippen LogP contribution in [0.2, 0.25) is 0 Å². The van der Waals surface area contributed by atoms with Gasteiger partial charge in [0.1, 0.15) is 5.82 Å². The lowest BCUT2D eigenvalue weighted by atomic mass is 9.92. The van der Waals surface area contributed by atoms with Crippen LogP contribution in [0.1, 0.15) is 28.4 Å². The Bertz CT molecular complexity index is 1920. The smallest absolute Gasteiger partial charge is 0.179 e. The SMILES string of the molecule is Cc1cccc([C@H]2c3c(C)nn(-c4ccccc4)c3N=C3C(N4CCN(c5ccc(F)cc5)CC4)=Nc4ccccc4N32)c1. The number of anilines is 2. The molecule has 0 radical (unpaired) electrons. The number of hydrogen-bond acceptors (Lipinski definition) is 6. The summed E-state index contributed by atoms with van der Waals surface area (Å²) >= 11 is 0. The summed E-state index contributed by atoms with van der Waals surface area (Å²) < 4.78 is 15.6. The van der Waals surface area contributed by atoms with E-state index >= 15 is 0 Å². The molecule has 1 fully saturated rings.